The summed E-state index contributed by atoms with van der Waals surface area (Å²) < 4.78 is 5.65. The van der Waals surface area contributed by atoms with Crippen LogP contribution in [0.5, 0.6) is 5.88 Å². The third-order valence-corrected chi connectivity index (χ3v) is 5.14. The molecule has 0 bridgehead atoms. The Morgan fingerprint density at radius 3 is 2.70 bits per heavy atom. The van der Waals surface area contributed by atoms with Gasteiger partial charge in [-0.25, -0.2) is 4.98 Å². The standard InChI is InChI=1S/C20H26N4O2S/c1-15-12-19(23-20(21-15)24-10-5-3-4-6-11-24)26-14-18(25)22-16-8-7-9-17(13-16)27-2/h7-9,12-13H,3-6,10-11,14H2,1-2H3,(H,22,25). The average molecular weight is 387 g/mol. The van der Waals surface area contributed by atoms with Crippen molar-refractivity contribution in [1.29, 1.82) is 0 Å². The first-order valence-corrected chi connectivity index (χ1v) is 10.5. The molecule has 0 aliphatic carbocycles. The highest BCUT2D eigenvalue weighted by Gasteiger charge is 2.15. The molecule has 144 valence electrons. The van der Waals surface area contributed by atoms with Gasteiger partial charge in [-0.2, -0.15) is 4.98 Å². The lowest BCUT2D eigenvalue weighted by Gasteiger charge is -2.21. The zero-order valence-electron chi connectivity index (χ0n) is 15.9. The summed E-state index contributed by atoms with van der Waals surface area (Å²) in [6.07, 6.45) is 6.83. The Bertz CT molecular complexity index is 776. The van der Waals surface area contributed by atoms with Crippen LogP contribution in [0.2, 0.25) is 0 Å². The molecule has 0 spiro atoms. The third-order valence-electron chi connectivity index (χ3n) is 4.41. The largest absolute Gasteiger partial charge is 0.467 e. The SMILES string of the molecule is CSc1cccc(NC(=O)COc2cc(C)nc(N3CCCCCC3)n2)c1. The first kappa shape index (κ1) is 19.5. The van der Waals surface area contributed by atoms with Crippen molar-refractivity contribution >= 4 is 29.3 Å². The zero-order valence-corrected chi connectivity index (χ0v) is 16.7. The van der Waals surface area contributed by atoms with Crippen LogP contribution in [0.4, 0.5) is 11.6 Å². The van der Waals surface area contributed by atoms with Gasteiger partial charge in [0.25, 0.3) is 5.91 Å². The number of benzene rings is 1. The van der Waals surface area contributed by atoms with Gasteiger partial charge in [-0.1, -0.05) is 18.9 Å². The van der Waals surface area contributed by atoms with Crippen LogP contribution in [0, 0.1) is 6.92 Å². The van der Waals surface area contributed by atoms with Crippen LogP contribution >= 0.6 is 11.8 Å². The molecule has 1 aromatic heterocycles. The van der Waals surface area contributed by atoms with Gasteiger partial charge in [0.1, 0.15) is 0 Å². The van der Waals surface area contributed by atoms with E-state index in [4.69, 9.17) is 4.74 Å². The number of anilines is 2. The third kappa shape index (κ3) is 5.85. The lowest BCUT2D eigenvalue weighted by molar-refractivity contribution is -0.118. The van der Waals surface area contributed by atoms with Gasteiger partial charge in [0.2, 0.25) is 11.8 Å². The molecule has 6 nitrogen and oxygen atoms in total. The topological polar surface area (TPSA) is 67.3 Å². The number of carbonyl (C=O) groups is 1. The minimum Gasteiger partial charge on any atom is -0.467 e. The molecule has 0 saturated carbocycles. The molecule has 1 aliphatic rings. The molecule has 2 heterocycles. The monoisotopic (exact) mass is 386 g/mol. The lowest BCUT2D eigenvalue weighted by atomic mass is 10.2. The quantitative estimate of drug-likeness (QED) is 0.760. The summed E-state index contributed by atoms with van der Waals surface area (Å²) in [6.45, 7) is 3.77. The second-order valence-electron chi connectivity index (χ2n) is 6.62. The average Bonchev–Trinajstić information content (AvgIpc) is 2.96. The number of nitrogens with zero attached hydrogens (tertiary/aromatic N) is 3. The number of amides is 1. The van der Waals surface area contributed by atoms with E-state index in [0.717, 1.165) is 42.2 Å². The van der Waals surface area contributed by atoms with Crippen LogP contribution in [-0.2, 0) is 4.79 Å². The predicted molar refractivity (Wildman–Crippen MR) is 110 cm³/mol. The van der Waals surface area contributed by atoms with E-state index >= 15 is 0 Å². The fourth-order valence-electron chi connectivity index (χ4n) is 3.05. The summed E-state index contributed by atoms with van der Waals surface area (Å²) in [5.74, 6) is 0.926. The van der Waals surface area contributed by atoms with Crippen molar-refractivity contribution in [3.63, 3.8) is 0 Å². The van der Waals surface area contributed by atoms with Crippen molar-refractivity contribution < 1.29 is 9.53 Å². The molecule has 3 rings (SSSR count). The Kier molecular flexibility index (Phi) is 6.92. The second-order valence-corrected chi connectivity index (χ2v) is 7.50. The highest BCUT2D eigenvalue weighted by Crippen LogP contribution is 2.20. The van der Waals surface area contributed by atoms with E-state index in [-0.39, 0.29) is 12.5 Å². The molecule has 7 heteroatoms. The summed E-state index contributed by atoms with van der Waals surface area (Å²) in [4.78, 5) is 24.6. The number of aryl methyl sites for hydroxylation is 1. The highest BCUT2D eigenvalue weighted by atomic mass is 32.2. The second kappa shape index (κ2) is 9.60. The summed E-state index contributed by atoms with van der Waals surface area (Å²) in [5.41, 5.74) is 1.60. The maximum atomic E-state index is 12.2. The Morgan fingerprint density at radius 1 is 1.19 bits per heavy atom. The van der Waals surface area contributed by atoms with Crippen molar-refractivity contribution in [2.24, 2.45) is 0 Å². The van der Waals surface area contributed by atoms with E-state index in [0.29, 0.717) is 11.8 Å². The van der Waals surface area contributed by atoms with E-state index < -0.39 is 0 Å². The van der Waals surface area contributed by atoms with E-state index in [1.54, 1.807) is 17.8 Å². The molecule has 1 amide bonds. The molecule has 2 aromatic rings. The van der Waals surface area contributed by atoms with Crippen LogP contribution in [0.25, 0.3) is 0 Å². The minimum absolute atomic E-state index is 0.0839. The number of rotatable bonds is 6. The van der Waals surface area contributed by atoms with E-state index in [1.807, 2.05) is 37.4 Å². The normalized spacial score (nSPS) is 14.5. The predicted octanol–water partition coefficient (Wildman–Crippen LogP) is 3.90. The summed E-state index contributed by atoms with van der Waals surface area (Å²) >= 11 is 1.63. The fourth-order valence-corrected chi connectivity index (χ4v) is 3.51. The van der Waals surface area contributed by atoms with Gasteiger partial charge >= 0.3 is 0 Å². The Labute approximate surface area is 164 Å². The number of nitrogens with one attached hydrogen (secondary N) is 1. The van der Waals surface area contributed by atoms with E-state index in [2.05, 4.69) is 20.2 Å². The van der Waals surface area contributed by atoms with E-state index in [1.165, 1.54) is 12.8 Å². The van der Waals surface area contributed by atoms with Crippen molar-refractivity contribution in [1.82, 2.24) is 9.97 Å². The smallest absolute Gasteiger partial charge is 0.262 e. The van der Waals surface area contributed by atoms with E-state index in [9.17, 15) is 4.79 Å². The molecule has 1 fully saturated rings. The lowest BCUT2D eigenvalue weighted by Crippen LogP contribution is -2.26. The molecule has 1 aromatic carbocycles. The molecular formula is C20H26N4O2S. The van der Waals surface area contributed by atoms with Gasteiger partial charge < -0.3 is 15.0 Å². The molecule has 0 unspecified atom stereocenters. The van der Waals surface area contributed by atoms with Gasteiger partial charge in [-0.05, 0) is 44.2 Å². The summed E-state index contributed by atoms with van der Waals surface area (Å²) in [6, 6.07) is 9.50. The van der Waals surface area contributed by atoms with Crippen molar-refractivity contribution in [2.45, 2.75) is 37.5 Å². The van der Waals surface area contributed by atoms with Crippen LogP contribution in [-0.4, -0.2) is 41.8 Å². The van der Waals surface area contributed by atoms with Crippen molar-refractivity contribution in [2.75, 3.05) is 36.2 Å². The molecule has 27 heavy (non-hydrogen) atoms. The molecule has 0 atom stereocenters. The molecule has 1 aliphatic heterocycles. The number of thioether (sulfide) groups is 1. The number of carbonyl (C=O) groups excluding carboxylic acids is 1. The minimum atomic E-state index is -0.208. The van der Waals surface area contributed by atoms with Gasteiger partial charge in [0.05, 0.1) is 0 Å². The maximum Gasteiger partial charge on any atom is 0.262 e. The van der Waals surface area contributed by atoms with Crippen LogP contribution in [0.1, 0.15) is 31.4 Å². The molecular weight excluding hydrogens is 360 g/mol. The van der Waals surface area contributed by atoms with Crippen molar-refractivity contribution in [3.8, 4) is 5.88 Å². The number of hydrogen-bond acceptors (Lipinski definition) is 6. The van der Waals surface area contributed by atoms with Crippen LogP contribution < -0.4 is 15.0 Å². The first-order chi connectivity index (χ1) is 13.1. The van der Waals surface area contributed by atoms with Gasteiger partial charge in [-0.3, -0.25) is 4.79 Å². The maximum absolute atomic E-state index is 12.2. The summed E-state index contributed by atoms with van der Waals surface area (Å²) in [7, 11) is 0. The Hall–Kier alpha value is -2.28. The molecule has 1 saturated heterocycles. The first-order valence-electron chi connectivity index (χ1n) is 9.31. The highest BCUT2D eigenvalue weighted by molar-refractivity contribution is 7.98. The van der Waals surface area contributed by atoms with Crippen molar-refractivity contribution in [3.05, 3.63) is 36.0 Å². The number of aromatic nitrogens is 2. The Morgan fingerprint density at radius 2 is 1.96 bits per heavy atom. The van der Waals surface area contributed by atoms with Gasteiger partial charge in [0, 0.05) is 35.4 Å². The number of hydrogen-bond donors (Lipinski definition) is 1. The van der Waals surface area contributed by atoms with Gasteiger partial charge in [0.15, 0.2) is 6.61 Å². The van der Waals surface area contributed by atoms with Crippen LogP contribution in [0.3, 0.4) is 0 Å². The van der Waals surface area contributed by atoms with Crippen LogP contribution in [0.15, 0.2) is 35.2 Å². The molecule has 0 radical (unpaired) electrons. The Balaban J connectivity index is 1.60. The van der Waals surface area contributed by atoms with Gasteiger partial charge in [-0.15, -0.1) is 11.8 Å². The fraction of sp³-hybridized carbons (Fsp3) is 0.450. The zero-order chi connectivity index (χ0) is 19.1. The number of ether oxygens (including phenoxy) is 1. The molecule has 1 N–H and O–H groups in total. The summed E-state index contributed by atoms with van der Waals surface area (Å²) in [5, 5.41) is 2.86.